The van der Waals surface area contributed by atoms with E-state index in [1.165, 1.54) is 18.6 Å². The van der Waals surface area contributed by atoms with Crippen LogP contribution in [0.5, 0.6) is 0 Å². The van der Waals surface area contributed by atoms with Crippen LogP contribution in [-0.4, -0.2) is 71.3 Å². The molecule has 0 aromatic heterocycles. The molecule has 2 saturated heterocycles. The van der Waals surface area contributed by atoms with Crippen molar-refractivity contribution in [1.29, 1.82) is 0 Å². The predicted octanol–water partition coefficient (Wildman–Crippen LogP) is 3.42. The fraction of sp³-hybridized carbons (Fsp3) is 0.619. The van der Waals surface area contributed by atoms with Gasteiger partial charge in [0.05, 0.1) is 16.6 Å². The summed E-state index contributed by atoms with van der Waals surface area (Å²) < 4.78 is 13.2. The smallest absolute Gasteiger partial charge is 0.255 e. The molecule has 1 aromatic carbocycles. The molecule has 2 atom stereocenters. The van der Waals surface area contributed by atoms with Crippen molar-refractivity contribution < 1.29 is 14.0 Å². The number of amides is 2. The van der Waals surface area contributed by atoms with E-state index < -0.39 is 5.82 Å². The molecular formula is C21H29ClFN3O2. The molecule has 0 aliphatic carbocycles. The molecule has 0 radical (unpaired) electrons. The highest BCUT2D eigenvalue weighted by Gasteiger charge is 2.33. The van der Waals surface area contributed by atoms with E-state index in [-0.39, 0.29) is 22.9 Å². The van der Waals surface area contributed by atoms with E-state index in [1.54, 1.807) is 4.90 Å². The number of nitrogens with zero attached hydrogens (tertiary/aromatic N) is 3. The Bertz CT molecular complexity index is 722. The van der Waals surface area contributed by atoms with E-state index in [0.29, 0.717) is 37.8 Å². The molecule has 154 valence electrons. The van der Waals surface area contributed by atoms with Crippen LogP contribution in [0.25, 0.3) is 0 Å². The average Bonchev–Trinajstić information content (AvgIpc) is 2.72. The Morgan fingerprint density at radius 3 is 2.54 bits per heavy atom. The number of rotatable bonds is 4. The highest BCUT2D eigenvalue weighted by atomic mass is 35.5. The Hall–Kier alpha value is -1.66. The van der Waals surface area contributed by atoms with E-state index in [9.17, 15) is 14.0 Å². The maximum absolute atomic E-state index is 13.2. The monoisotopic (exact) mass is 409 g/mol. The largest absolute Gasteiger partial charge is 0.338 e. The van der Waals surface area contributed by atoms with Crippen LogP contribution < -0.4 is 0 Å². The summed E-state index contributed by atoms with van der Waals surface area (Å²) >= 11 is 6.03. The second kappa shape index (κ2) is 9.23. The summed E-state index contributed by atoms with van der Waals surface area (Å²) in [6.45, 7) is 7.31. The molecule has 2 unspecified atom stereocenters. The number of benzene rings is 1. The summed E-state index contributed by atoms with van der Waals surface area (Å²) in [6, 6.07) is 4.01. The van der Waals surface area contributed by atoms with Crippen LogP contribution in [0.4, 0.5) is 4.39 Å². The van der Waals surface area contributed by atoms with Crippen LogP contribution in [0, 0.1) is 5.82 Å². The maximum Gasteiger partial charge on any atom is 0.255 e. The van der Waals surface area contributed by atoms with Gasteiger partial charge < -0.3 is 9.80 Å². The van der Waals surface area contributed by atoms with Crippen LogP contribution in [0.3, 0.4) is 0 Å². The molecule has 5 nitrogen and oxygen atoms in total. The van der Waals surface area contributed by atoms with E-state index >= 15 is 0 Å². The summed E-state index contributed by atoms with van der Waals surface area (Å²) in [5.74, 6) is -0.444. The fourth-order valence-corrected chi connectivity index (χ4v) is 4.50. The van der Waals surface area contributed by atoms with Gasteiger partial charge in [0.1, 0.15) is 5.82 Å². The quantitative estimate of drug-likeness (QED) is 0.765. The lowest BCUT2D eigenvalue weighted by Gasteiger charge is -2.42. The summed E-state index contributed by atoms with van der Waals surface area (Å²) in [6.07, 6.45) is 4.37. The molecule has 2 heterocycles. The van der Waals surface area contributed by atoms with Crippen molar-refractivity contribution in [3.05, 3.63) is 34.6 Å². The first kappa shape index (κ1) is 21.1. The van der Waals surface area contributed by atoms with Gasteiger partial charge >= 0.3 is 0 Å². The highest BCUT2D eigenvalue weighted by molar-refractivity contribution is 6.33. The number of carbonyl (C=O) groups excluding carboxylic acids is 2. The molecule has 0 spiro atoms. The topological polar surface area (TPSA) is 43.9 Å². The van der Waals surface area contributed by atoms with Crippen molar-refractivity contribution in [2.75, 3.05) is 32.7 Å². The Balaban J connectivity index is 1.58. The number of likely N-dealkylation sites (tertiary alicyclic amines) is 1. The van der Waals surface area contributed by atoms with Crippen molar-refractivity contribution >= 4 is 23.4 Å². The fourth-order valence-electron chi connectivity index (χ4n) is 4.26. The number of piperazine rings is 1. The Morgan fingerprint density at radius 1 is 1.18 bits per heavy atom. The summed E-state index contributed by atoms with van der Waals surface area (Å²) in [4.78, 5) is 31.7. The minimum atomic E-state index is -0.457. The third-order valence-electron chi connectivity index (χ3n) is 6.05. The van der Waals surface area contributed by atoms with Gasteiger partial charge in [-0.3, -0.25) is 14.5 Å². The lowest BCUT2D eigenvalue weighted by molar-refractivity contribution is -0.140. The van der Waals surface area contributed by atoms with Crippen LogP contribution in [0.15, 0.2) is 18.2 Å². The predicted molar refractivity (Wildman–Crippen MR) is 108 cm³/mol. The standard InChI is InChI=1S/C21H29ClFN3O2/c1-3-17-6-4-5-9-26(17)20(27)15(2)24-10-12-25(13-11-24)21(28)18-8-7-16(23)14-19(18)22/h7-8,14-15,17H,3-6,9-13H2,1-2H3. The van der Waals surface area contributed by atoms with Gasteiger partial charge in [0.2, 0.25) is 5.91 Å². The minimum absolute atomic E-state index is 0.131. The summed E-state index contributed by atoms with van der Waals surface area (Å²) in [5.41, 5.74) is 0.319. The molecule has 3 rings (SSSR count). The second-order valence-corrected chi connectivity index (χ2v) is 8.12. The first-order chi connectivity index (χ1) is 13.4. The number of hydrogen-bond donors (Lipinski definition) is 0. The third kappa shape index (κ3) is 4.49. The van der Waals surface area contributed by atoms with Gasteiger partial charge in [-0.25, -0.2) is 4.39 Å². The van der Waals surface area contributed by atoms with Gasteiger partial charge in [-0.05, 0) is 50.8 Å². The van der Waals surface area contributed by atoms with Crippen LogP contribution >= 0.6 is 11.6 Å². The summed E-state index contributed by atoms with van der Waals surface area (Å²) in [7, 11) is 0. The third-order valence-corrected chi connectivity index (χ3v) is 6.36. The minimum Gasteiger partial charge on any atom is -0.338 e. The molecule has 0 saturated carbocycles. The molecule has 2 aliphatic heterocycles. The number of halogens is 2. The number of piperidine rings is 1. The molecule has 2 fully saturated rings. The zero-order valence-corrected chi connectivity index (χ0v) is 17.4. The van der Waals surface area contributed by atoms with Gasteiger partial charge in [-0.2, -0.15) is 0 Å². The van der Waals surface area contributed by atoms with Crippen molar-refractivity contribution in [3.63, 3.8) is 0 Å². The number of hydrogen-bond acceptors (Lipinski definition) is 3. The van der Waals surface area contributed by atoms with Gasteiger partial charge in [0, 0.05) is 38.8 Å². The Labute approximate surface area is 171 Å². The first-order valence-corrected chi connectivity index (χ1v) is 10.6. The van der Waals surface area contributed by atoms with E-state index in [4.69, 9.17) is 11.6 Å². The molecule has 28 heavy (non-hydrogen) atoms. The molecule has 0 bridgehead atoms. The number of carbonyl (C=O) groups is 2. The Morgan fingerprint density at radius 2 is 1.89 bits per heavy atom. The molecule has 2 amide bonds. The molecule has 0 N–H and O–H groups in total. The van der Waals surface area contributed by atoms with Crippen molar-refractivity contribution in [1.82, 2.24) is 14.7 Å². The van der Waals surface area contributed by atoms with Gasteiger partial charge in [0.15, 0.2) is 0 Å². The van der Waals surface area contributed by atoms with Gasteiger partial charge in [-0.1, -0.05) is 18.5 Å². The zero-order valence-electron chi connectivity index (χ0n) is 16.7. The van der Waals surface area contributed by atoms with Gasteiger partial charge in [-0.15, -0.1) is 0 Å². The van der Waals surface area contributed by atoms with Crippen molar-refractivity contribution in [2.45, 2.75) is 51.6 Å². The SMILES string of the molecule is CCC1CCCCN1C(=O)C(C)N1CCN(C(=O)c2ccc(F)cc2Cl)CC1. The van der Waals surface area contributed by atoms with E-state index in [0.717, 1.165) is 31.9 Å². The van der Waals surface area contributed by atoms with E-state index in [2.05, 4.69) is 16.7 Å². The summed E-state index contributed by atoms with van der Waals surface area (Å²) in [5, 5.41) is 0.131. The van der Waals surface area contributed by atoms with Crippen molar-refractivity contribution in [3.8, 4) is 0 Å². The maximum atomic E-state index is 13.2. The molecule has 1 aromatic rings. The van der Waals surface area contributed by atoms with Crippen molar-refractivity contribution in [2.24, 2.45) is 0 Å². The van der Waals surface area contributed by atoms with Crippen LogP contribution in [0.1, 0.15) is 49.9 Å². The Kier molecular flexibility index (Phi) is 6.94. The van der Waals surface area contributed by atoms with Crippen LogP contribution in [-0.2, 0) is 4.79 Å². The first-order valence-electron chi connectivity index (χ1n) is 10.2. The van der Waals surface area contributed by atoms with E-state index in [1.807, 2.05) is 6.92 Å². The van der Waals surface area contributed by atoms with Crippen LogP contribution in [0.2, 0.25) is 5.02 Å². The zero-order chi connectivity index (χ0) is 20.3. The normalized spacial score (nSPS) is 22.2. The molecule has 7 heteroatoms. The lowest BCUT2D eigenvalue weighted by atomic mass is 9.99. The lowest BCUT2D eigenvalue weighted by Crippen LogP contribution is -2.57. The highest BCUT2D eigenvalue weighted by Crippen LogP contribution is 2.23. The average molecular weight is 410 g/mol. The second-order valence-electron chi connectivity index (χ2n) is 7.72. The molecule has 2 aliphatic rings. The molecular weight excluding hydrogens is 381 g/mol. The van der Waals surface area contributed by atoms with Gasteiger partial charge in [0.25, 0.3) is 5.91 Å².